The molecule has 1 fully saturated rings. The van der Waals surface area contributed by atoms with Gasteiger partial charge in [0, 0.05) is 19.1 Å². The van der Waals surface area contributed by atoms with Crippen LogP contribution in [-0.4, -0.2) is 46.7 Å². The minimum absolute atomic E-state index is 0.0840. The van der Waals surface area contributed by atoms with Crippen molar-refractivity contribution in [1.82, 2.24) is 9.47 Å². The Morgan fingerprint density at radius 2 is 1.80 bits per heavy atom. The van der Waals surface area contributed by atoms with Gasteiger partial charge in [0.2, 0.25) is 6.29 Å². The highest BCUT2D eigenvalue weighted by Crippen LogP contribution is 2.35. The first-order valence-corrected chi connectivity index (χ1v) is 13.0. The van der Waals surface area contributed by atoms with Gasteiger partial charge < -0.3 is 14.4 Å². The number of aryl methyl sites for hydroxylation is 1. The fourth-order valence-electron chi connectivity index (χ4n) is 4.52. The van der Waals surface area contributed by atoms with E-state index < -0.39 is 18.4 Å². The number of hydrogen-bond donors (Lipinski definition) is 1. The van der Waals surface area contributed by atoms with Crippen LogP contribution in [0, 0.1) is 0 Å². The number of aromatic carboxylic acids is 1. The van der Waals surface area contributed by atoms with E-state index >= 15 is 0 Å². The van der Waals surface area contributed by atoms with Gasteiger partial charge in [-0.25, -0.2) is 4.79 Å². The first-order valence-electron chi connectivity index (χ1n) is 12.2. The third kappa shape index (κ3) is 8.33. The van der Waals surface area contributed by atoms with Crippen LogP contribution in [0.3, 0.4) is 0 Å². The van der Waals surface area contributed by atoms with Gasteiger partial charge in [0.25, 0.3) is 5.56 Å². The molecule has 2 heterocycles. The first kappa shape index (κ1) is 31.2. The number of pyridine rings is 1. The Balaban J connectivity index is 0.000000663. The van der Waals surface area contributed by atoms with E-state index in [0.717, 1.165) is 36.4 Å². The number of carbonyl (C=O) groups excluding carboxylic acids is 1. The second-order valence-electron chi connectivity index (χ2n) is 9.06. The number of aromatic nitrogens is 1. The van der Waals surface area contributed by atoms with Crippen LogP contribution in [0.4, 0.5) is 13.2 Å². The molecule has 1 N–H and O–H groups in total. The maximum atomic E-state index is 13.0. The van der Waals surface area contributed by atoms with E-state index in [0.29, 0.717) is 24.5 Å². The van der Waals surface area contributed by atoms with E-state index in [1.54, 1.807) is 35.9 Å². The molecule has 12 heteroatoms. The lowest BCUT2D eigenvalue weighted by Crippen LogP contribution is -2.31. The van der Waals surface area contributed by atoms with E-state index in [1.807, 2.05) is 12.1 Å². The second-order valence-corrected chi connectivity index (χ2v) is 9.87. The third-order valence-electron chi connectivity index (χ3n) is 6.46. The number of benzene rings is 2. The summed E-state index contributed by atoms with van der Waals surface area (Å²) in [6, 6.07) is 16.5. The number of ether oxygens (including phenoxy) is 1. The normalized spacial score (nSPS) is 15.3. The van der Waals surface area contributed by atoms with E-state index in [2.05, 4.69) is 17.0 Å². The minimum Gasteiger partial charge on any atom is -0.497 e. The molecule has 214 valence electrons. The summed E-state index contributed by atoms with van der Waals surface area (Å²) in [6.07, 6.45) is -3.10. The smallest absolute Gasteiger partial charge is 0.446 e. The van der Waals surface area contributed by atoms with Crippen molar-refractivity contribution in [2.24, 2.45) is 0 Å². The van der Waals surface area contributed by atoms with Crippen LogP contribution in [-0.2, 0) is 24.3 Å². The number of carboxylic acids is 1. The molecule has 1 unspecified atom stereocenters. The molecule has 0 saturated carbocycles. The highest BCUT2D eigenvalue weighted by Gasteiger charge is 2.28. The van der Waals surface area contributed by atoms with Crippen molar-refractivity contribution in [2.75, 3.05) is 13.7 Å². The quantitative estimate of drug-likeness (QED) is 0.311. The number of hydrogen-bond acceptors (Lipinski definition) is 5. The Hall–Kier alpha value is -3.34. The van der Waals surface area contributed by atoms with Crippen LogP contribution in [0.2, 0.25) is 10.0 Å². The molecule has 3 aromatic rings. The lowest BCUT2D eigenvalue weighted by Gasteiger charge is -2.27. The molecule has 2 aromatic carbocycles. The summed E-state index contributed by atoms with van der Waals surface area (Å²) in [6.45, 7) is 1.80. The van der Waals surface area contributed by atoms with Gasteiger partial charge in [-0.05, 0) is 67.3 Å². The van der Waals surface area contributed by atoms with Gasteiger partial charge in [-0.3, -0.25) is 14.5 Å². The monoisotopic (exact) mass is 598 g/mol. The maximum absolute atomic E-state index is 13.0. The van der Waals surface area contributed by atoms with Crippen LogP contribution < -0.4 is 10.3 Å². The fourth-order valence-corrected chi connectivity index (χ4v) is 5.06. The van der Waals surface area contributed by atoms with E-state index in [4.69, 9.17) is 37.8 Å². The number of methoxy groups -OCH3 is 1. The third-order valence-corrected chi connectivity index (χ3v) is 7.06. The number of likely N-dealkylation sites (tertiary alicyclic amines) is 1. The number of alkyl halides is 3. The molecule has 0 radical (unpaired) electrons. The van der Waals surface area contributed by atoms with E-state index in [1.165, 1.54) is 11.6 Å². The number of halogens is 5. The summed E-state index contributed by atoms with van der Waals surface area (Å²) < 4.78 is 38.3. The average Bonchev–Trinajstić information content (AvgIpc) is 3.40. The number of nitrogens with zero attached hydrogens (tertiary/aromatic N) is 2. The molecule has 1 atom stereocenters. The van der Waals surface area contributed by atoms with Crippen molar-refractivity contribution in [2.45, 2.75) is 44.6 Å². The summed E-state index contributed by atoms with van der Waals surface area (Å²) in [4.78, 5) is 35.1. The lowest BCUT2D eigenvalue weighted by molar-refractivity contribution is -0.156. The van der Waals surface area contributed by atoms with Crippen LogP contribution in [0.1, 0.15) is 46.1 Å². The van der Waals surface area contributed by atoms with Gasteiger partial charge in [0.15, 0.2) is 0 Å². The zero-order valence-corrected chi connectivity index (χ0v) is 23.0. The zero-order valence-electron chi connectivity index (χ0n) is 21.5. The fraction of sp³-hybridized carbons (Fsp3) is 0.321. The minimum atomic E-state index is -4.64. The predicted octanol–water partition coefficient (Wildman–Crippen LogP) is 6.19. The summed E-state index contributed by atoms with van der Waals surface area (Å²) in [5.41, 5.74) is 2.78. The first-order chi connectivity index (χ1) is 18.9. The van der Waals surface area contributed by atoms with Crippen molar-refractivity contribution < 1.29 is 32.6 Å². The van der Waals surface area contributed by atoms with Gasteiger partial charge in [-0.2, -0.15) is 13.2 Å². The summed E-state index contributed by atoms with van der Waals surface area (Å²) in [7, 11) is 1.66. The molecule has 4 rings (SSSR count). The van der Waals surface area contributed by atoms with Crippen molar-refractivity contribution in [3.8, 4) is 5.75 Å². The van der Waals surface area contributed by atoms with Crippen molar-refractivity contribution in [3.05, 3.63) is 97.4 Å². The van der Waals surface area contributed by atoms with Gasteiger partial charge >= 0.3 is 12.1 Å². The number of rotatable bonds is 8. The van der Waals surface area contributed by atoms with Crippen LogP contribution >= 0.6 is 23.2 Å². The molecule has 1 aliphatic heterocycles. The molecule has 0 aliphatic carbocycles. The largest absolute Gasteiger partial charge is 0.497 e. The van der Waals surface area contributed by atoms with E-state index in [-0.39, 0.29) is 22.2 Å². The molecule has 0 bridgehead atoms. The highest BCUT2D eigenvalue weighted by molar-refractivity contribution is 6.34. The van der Waals surface area contributed by atoms with Gasteiger partial charge in [0.05, 0.1) is 23.4 Å². The molecule has 1 saturated heterocycles. The number of aldehydes is 1. The Morgan fingerprint density at radius 3 is 2.40 bits per heavy atom. The highest BCUT2D eigenvalue weighted by atomic mass is 35.5. The average molecular weight is 599 g/mol. The predicted molar refractivity (Wildman–Crippen MR) is 145 cm³/mol. The molecule has 0 spiro atoms. The topological polar surface area (TPSA) is 88.8 Å². The molecule has 0 amide bonds. The summed E-state index contributed by atoms with van der Waals surface area (Å²) >= 11 is 12.8. The number of carbonyl (C=O) groups is 2. The van der Waals surface area contributed by atoms with Gasteiger partial charge in [0.1, 0.15) is 10.8 Å². The van der Waals surface area contributed by atoms with Crippen molar-refractivity contribution in [3.63, 3.8) is 0 Å². The summed E-state index contributed by atoms with van der Waals surface area (Å²) in [5, 5.41) is 9.64. The Kier molecular flexibility index (Phi) is 10.8. The van der Waals surface area contributed by atoms with Crippen molar-refractivity contribution >= 4 is 35.5 Å². The molecule has 1 aromatic heterocycles. The standard InChI is InChI=1S/C26H26Cl2N2O4.C2HF3O/c1-34-20-5-2-4-19(14-20)23-6-3-12-29(23)16-24-21(27)15-22(28)25(31)30(24)13-11-17-7-9-18(10-8-17)26(32)33;3-2(4,5)1-6/h2,4-5,7-10,14-15,23H,3,6,11-13,16H2,1H3,(H,32,33);1H. The summed E-state index contributed by atoms with van der Waals surface area (Å²) in [5.74, 6) is -0.150. The molecule has 1 aliphatic rings. The Morgan fingerprint density at radius 1 is 1.12 bits per heavy atom. The van der Waals surface area contributed by atoms with Crippen LogP contribution in [0.5, 0.6) is 5.75 Å². The number of carboxylic acid groups (broad SMARTS) is 1. The molecule has 40 heavy (non-hydrogen) atoms. The van der Waals surface area contributed by atoms with Crippen molar-refractivity contribution in [1.29, 1.82) is 0 Å². The van der Waals surface area contributed by atoms with Crippen LogP contribution in [0.15, 0.2) is 59.4 Å². The molecule has 7 nitrogen and oxygen atoms in total. The van der Waals surface area contributed by atoms with Gasteiger partial charge in [-0.15, -0.1) is 0 Å². The van der Waals surface area contributed by atoms with E-state index in [9.17, 15) is 22.8 Å². The second kappa shape index (κ2) is 13.8. The lowest BCUT2D eigenvalue weighted by atomic mass is 10.0. The zero-order chi connectivity index (χ0) is 29.4. The van der Waals surface area contributed by atoms with Gasteiger partial charge in [-0.1, -0.05) is 47.5 Å². The van der Waals surface area contributed by atoms with Crippen LogP contribution in [0.25, 0.3) is 0 Å². The Labute approximate surface area is 238 Å². The molecular weight excluding hydrogens is 572 g/mol. The molecular formula is C28H27Cl2F3N2O5. The Bertz CT molecular complexity index is 1390. The maximum Gasteiger partial charge on any atom is 0.446 e. The SMILES string of the molecule is COc1cccc(C2CCCN2Cc2c(Cl)cc(Cl)c(=O)n2CCc2ccc(C(=O)O)cc2)c1.O=CC(F)(F)F.